The highest BCUT2D eigenvalue weighted by molar-refractivity contribution is 5.87. The van der Waals surface area contributed by atoms with E-state index in [0.717, 1.165) is 11.1 Å². The number of hydrogen-bond acceptors (Lipinski definition) is 4. The summed E-state index contributed by atoms with van der Waals surface area (Å²) < 4.78 is 0. The van der Waals surface area contributed by atoms with Crippen LogP contribution in [0.3, 0.4) is 0 Å². The first kappa shape index (κ1) is 12.1. The predicted molar refractivity (Wildman–Crippen MR) is 79.1 cm³/mol. The topological polar surface area (TPSA) is 61.6 Å². The monoisotopic (exact) mass is 260 g/mol. The molecule has 20 heavy (non-hydrogen) atoms. The molecule has 0 aliphatic heterocycles. The van der Waals surface area contributed by atoms with E-state index in [1.54, 1.807) is 12.4 Å². The van der Waals surface area contributed by atoms with Crippen LogP contribution in [-0.2, 0) is 0 Å². The number of hydrogen-bond donors (Lipinski definition) is 1. The highest BCUT2D eigenvalue weighted by atomic mass is 15.1. The van der Waals surface area contributed by atoms with Crippen LogP contribution in [0, 0.1) is 11.3 Å². The van der Waals surface area contributed by atoms with Gasteiger partial charge in [-0.25, -0.2) is 9.97 Å². The maximum absolute atomic E-state index is 8.49. The van der Waals surface area contributed by atoms with E-state index in [-0.39, 0.29) is 6.54 Å². The molecular weight excluding hydrogens is 248 g/mol. The van der Waals surface area contributed by atoms with Gasteiger partial charge < -0.3 is 5.32 Å². The van der Waals surface area contributed by atoms with E-state index in [0.29, 0.717) is 5.95 Å². The van der Waals surface area contributed by atoms with Gasteiger partial charge >= 0.3 is 0 Å². The van der Waals surface area contributed by atoms with Crippen LogP contribution in [0.1, 0.15) is 0 Å². The van der Waals surface area contributed by atoms with Gasteiger partial charge in [0.2, 0.25) is 5.95 Å². The fourth-order valence-corrected chi connectivity index (χ4v) is 2.06. The lowest BCUT2D eigenvalue weighted by Crippen LogP contribution is -2.02. The normalized spacial score (nSPS) is 10.2. The molecule has 0 saturated heterocycles. The van der Waals surface area contributed by atoms with E-state index in [2.05, 4.69) is 45.6 Å². The summed E-state index contributed by atoms with van der Waals surface area (Å²) >= 11 is 0. The van der Waals surface area contributed by atoms with E-state index in [4.69, 9.17) is 5.26 Å². The van der Waals surface area contributed by atoms with Crippen molar-refractivity contribution in [2.75, 3.05) is 11.9 Å². The first-order valence-electron chi connectivity index (χ1n) is 6.29. The SMILES string of the molecule is N#CCNc1ncc(-c2ccc3ccccc3c2)cn1. The molecule has 96 valence electrons. The molecular formula is C16H12N4. The lowest BCUT2D eigenvalue weighted by Gasteiger charge is -2.05. The Morgan fingerprint density at radius 1 is 0.950 bits per heavy atom. The van der Waals surface area contributed by atoms with Crippen molar-refractivity contribution in [1.82, 2.24) is 9.97 Å². The number of nitrogens with zero attached hydrogens (tertiary/aromatic N) is 3. The van der Waals surface area contributed by atoms with Crippen LogP contribution in [0.25, 0.3) is 21.9 Å². The van der Waals surface area contributed by atoms with Crippen molar-refractivity contribution in [2.24, 2.45) is 0 Å². The van der Waals surface area contributed by atoms with Crippen molar-refractivity contribution in [3.8, 4) is 17.2 Å². The molecule has 0 bridgehead atoms. The number of benzene rings is 2. The van der Waals surface area contributed by atoms with Crippen LogP contribution in [0.4, 0.5) is 5.95 Å². The number of rotatable bonds is 3. The van der Waals surface area contributed by atoms with E-state index >= 15 is 0 Å². The van der Waals surface area contributed by atoms with Crippen molar-refractivity contribution in [2.45, 2.75) is 0 Å². The summed E-state index contributed by atoms with van der Waals surface area (Å²) in [5.41, 5.74) is 2.04. The smallest absolute Gasteiger partial charge is 0.223 e. The molecule has 1 N–H and O–H groups in total. The molecule has 0 spiro atoms. The summed E-state index contributed by atoms with van der Waals surface area (Å²) in [6, 6.07) is 16.5. The van der Waals surface area contributed by atoms with Crippen LogP contribution in [0.15, 0.2) is 54.9 Å². The molecule has 1 aromatic heterocycles. The second kappa shape index (κ2) is 5.37. The Kier molecular flexibility index (Phi) is 3.25. The van der Waals surface area contributed by atoms with Gasteiger partial charge in [-0.3, -0.25) is 0 Å². The molecule has 3 rings (SSSR count). The van der Waals surface area contributed by atoms with Crippen LogP contribution >= 0.6 is 0 Å². The van der Waals surface area contributed by atoms with Crippen molar-refractivity contribution in [3.05, 3.63) is 54.9 Å². The molecule has 2 aromatic carbocycles. The largest absolute Gasteiger partial charge is 0.341 e. The van der Waals surface area contributed by atoms with Gasteiger partial charge in [0.25, 0.3) is 0 Å². The Morgan fingerprint density at radius 2 is 1.70 bits per heavy atom. The lowest BCUT2D eigenvalue weighted by molar-refractivity contribution is 1.12. The summed E-state index contributed by atoms with van der Waals surface area (Å²) in [4.78, 5) is 8.40. The van der Waals surface area contributed by atoms with Gasteiger partial charge in [0.15, 0.2) is 0 Å². The number of anilines is 1. The average Bonchev–Trinajstić information content (AvgIpc) is 2.53. The molecule has 0 amide bonds. The van der Waals surface area contributed by atoms with Crippen molar-refractivity contribution in [1.29, 1.82) is 5.26 Å². The molecule has 3 aromatic rings. The van der Waals surface area contributed by atoms with Crippen molar-refractivity contribution >= 4 is 16.7 Å². The fourth-order valence-electron chi connectivity index (χ4n) is 2.06. The molecule has 0 saturated carbocycles. The van der Waals surface area contributed by atoms with Crippen molar-refractivity contribution < 1.29 is 0 Å². The highest BCUT2D eigenvalue weighted by Crippen LogP contribution is 2.23. The van der Waals surface area contributed by atoms with Crippen LogP contribution in [0.2, 0.25) is 0 Å². The Morgan fingerprint density at radius 3 is 2.45 bits per heavy atom. The zero-order valence-corrected chi connectivity index (χ0v) is 10.7. The Balaban J connectivity index is 1.92. The molecule has 4 heteroatoms. The summed E-state index contributed by atoms with van der Waals surface area (Å²) in [5.74, 6) is 0.469. The molecule has 0 unspecified atom stereocenters. The van der Waals surface area contributed by atoms with Gasteiger partial charge in [-0.05, 0) is 22.4 Å². The summed E-state index contributed by atoms with van der Waals surface area (Å²) in [5, 5.41) is 13.7. The minimum atomic E-state index is 0.204. The zero-order valence-electron chi connectivity index (χ0n) is 10.7. The molecule has 0 atom stereocenters. The Hall–Kier alpha value is -2.93. The van der Waals surface area contributed by atoms with Crippen molar-refractivity contribution in [3.63, 3.8) is 0 Å². The summed E-state index contributed by atoms with van der Waals surface area (Å²) in [6.07, 6.45) is 3.52. The van der Waals surface area contributed by atoms with Gasteiger partial charge in [0, 0.05) is 18.0 Å². The molecule has 0 aliphatic rings. The van der Waals surface area contributed by atoms with E-state index in [9.17, 15) is 0 Å². The Labute approximate surface area is 116 Å². The molecule has 0 radical (unpaired) electrons. The lowest BCUT2D eigenvalue weighted by atomic mass is 10.0. The molecule has 1 heterocycles. The maximum Gasteiger partial charge on any atom is 0.223 e. The van der Waals surface area contributed by atoms with Gasteiger partial charge in [0.05, 0.1) is 6.07 Å². The van der Waals surface area contributed by atoms with E-state index in [1.807, 2.05) is 18.2 Å². The number of nitrogens with one attached hydrogen (secondary N) is 1. The van der Waals surface area contributed by atoms with Gasteiger partial charge in [-0.1, -0.05) is 36.4 Å². The minimum Gasteiger partial charge on any atom is -0.341 e. The molecule has 0 aliphatic carbocycles. The first-order valence-corrected chi connectivity index (χ1v) is 6.29. The highest BCUT2D eigenvalue weighted by Gasteiger charge is 2.01. The predicted octanol–water partition coefficient (Wildman–Crippen LogP) is 3.23. The fraction of sp³-hybridized carbons (Fsp3) is 0.0625. The van der Waals surface area contributed by atoms with E-state index < -0.39 is 0 Å². The number of fused-ring (bicyclic) bond motifs is 1. The standard InChI is InChI=1S/C16H12N4/c17-7-8-18-16-19-10-15(11-20-16)14-6-5-12-3-1-2-4-13(12)9-14/h1-6,9-11H,8H2,(H,18,19,20). The average molecular weight is 260 g/mol. The van der Waals surface area contributed by atoms with Gasteiger partial charge in [-0.15, -0.1) is 0 Å². The summed E-state index contributed by atoms with van der Waals surface area (Å²) in [7, 11) is 0. The zero-order chi connectivity index (χ0) is 13.8. The second-order valence-corrected chi connectivity index (χ2v) is 4.37. The molecule has 4 nitrogen and oxygen atoms in total. The first-order chi connectivity index (χ1) is 9.86. The Bertz CT molecular complexity index is 772. The third kappa shape index (κ3) is 2.43. The number of nitriles is 1. The van der Waals surface area contributed by atoms with Gasteiger partial charge in [0.1, 0.15) is 6.54 Å². The van der Waals surface area contributed by atoms with Gasteiger partial charge in [-0.2, -0.15) is 5.26 Å². The summed E-state index contributed by atoms with van der Waals surface area (Å²) in [6.45, 7) is 0.204. The molecule has 0 fully saturated rings. The maximum atomic E-state index is 8.49. The van der Waals surface area contributed by atoms with Crippen LogP contribution in [-0.4, -0.2) is 16.5 Å². The minimum absolute atomic E-state index is 0.204. The van der Waals surface area contributed by atoms with Crippen LogP contribution < -0.4 is 5.32 Å². The van der Waals surface area contributed by atoms with Crippen LogP contribution in [0.5, 0.6) is 0 Å². The third-order valence-electron chi connectivity index (χ3n) is 3.06. The quantitative estimate of drug-likeness (QED) is 0.734. The van der Waals surface area contributed by atoms with E-state index in [1.165, 1.54) is 10.8 Å². The number of aromatic nitrogens is 2. The second-order valence-electron chi connectivity index (χ2n) is 4.37. The third-order valence-corrected chi connectivity index (χ3v) is 3.06.